The van der Waals surface area contributed by atoms with Gasteiger partial charge in [0.1, 0.15) is 6.04 Å². The van der Waals surface area contributed by atoms with Crippen LogP contribution in [0.4, 0.5) is 0 Å². The molecule has 0 saturated heterocycles. The number of rotatable bonds is 7. The molecule has 25 heavy (non-hydrogen) atoms. The van der Waals surface area contributed by atoms with Crippen LogP contribution in [0.2, 0.25) is 0 Å². The molecule has 2 aromatic carbocycles. The molecule has 0 fully saturated rings. The Balaban J connectivity index is 2.32. The molecule has 2 amide bonds. The molecule has 0 radical (unpaired) electrons. The summed E-state index contributed by atoms with van der Waals surface area (Å²) in [7, 11) is 1.61. The molecule has 0 aliphatic carbocycles. The van der Waals surface area contributed by atoms with Gasteiger partial charge < -0.3 is 10.2 Å². The largest absolute Gasteiger partial charge is 0.357 e. The molecule has 0 unspecified atom stereocenters. The summed E-state index contributed by atoms with van der Waals surface area (Å²) in [5.74, 6) is -0.190. The third-order valence-corrected chi connectivity index (χ3v) is 4.56. The van der Waals surface area contributed by atoms with Gasteiger partial charge in [-0.1, -0.05) is 65.3 Å². The molecular formula is C20H23BrN2O2. The molecule has 0 aliphatic rings. The van der Waals surface area contributed by atoms with Crippen molar-refractivity contribution in [1.29, 1.82) is 0 Å². The number of hydrogen-bond donors (Lipinski definition) is 1. The van der Waals surface area contributed by atoms with Crippen LogP contribution in [0.5, 0.6) is 0 Å². The molecule has 0 bridgehead atoms. The number of likely N-dealkylation sites (N-methyl/N-ethyl adjacent to an activating group) is 1. The molecule has 1 atom stereocenters. The van der Waals surface area contributed by atoms with Crippen molar-refractivity contribution in [3.05, 3.63) is 70.2 Å². The monoisotopic (exact) mass is 402 g/mol. The van der Waals surface area contributed by atoms with Crippen LogP contribution in [0.25, 0.3) is 0 Å². The predicted molar refractivity (Wildman–Crippen MR) is 103 cm³/mol. The Bertz CT molecular complexity index is 719. The van der Waals surface area contributed by atoms with Gasteiger partial charge in [0.25, 0.3) is 0 Å². The Morgan fingerprint density at radius 1 is 1.08 bits per heavy atom. The minimum absolute atomic E-state index is 0.0375. The smallest absolute Gasteiger partial charge is 0.242 e. The number of halogens is 1. The van der Waals surface area contributed by atoms with Crippen molar-refractivity contribution in [2.75, 3.05) is 7.05 Å². The first-order valence-electron chi connectivity index (χ1n) is 8.34. The van der Waals surface area contributed by atoms with Crippen molar-refractivity contribution < 1.29 is 9.59 Å². The van der Waals surface area contributed by atoms with Crippen LogP contribution >= 0.6 is 15.9 Å². The van der Waals surface area contributed by atoms with E-state index < -0.39 is 6.04 Å². The standard InChI is InChI=1S/C20H23BrN2O2/c1-3-19(24)23(14-16-10-7-11-17(21)12-16)18(20(25)22-2)13-15-8-5-4-6-9-15/h4-12,18H,3,13-14H2,1-2H3,(H,22,25)/t18-/m0/s1. The second-order valence-corrected chi connectivity index (χ2v) is 6.74. The molecular weight excluding hydrogens is 380 g/mol. The molecule has 0 heterocycles. The van der Waals surface area contributed by atoms with Crippen molar-refractivity contribution >= 4 is 27.7 Å². The van der Waals surface area contributed by atoms with Crippen LogP contribution in [0.3, 0.4) is 0 Å². The molecule has 0 saturated carbocycles. The number of nitrogens with zero attached hydrogens (tertiary/aromatic N) is 1. The molecule has 2 aromatic rings. The predicted octanol–water partition coefficient (Wildman–Crippen LogP) is 3.55. The molecule has 0 aromatic heterocycles. The highest BCUT2D eigenvalue weighted by Crippen LogP contribution is 2.18. The fourth-order valence-corrected chi connectivity index (χ4v) is 3.20. The number of benzene rings is 2. The first-order chi connectivity index (χ1) is 12.0. The minimum atomic E-state index is -0.543. The Kier molecular flexibility index (Phi) is 7.19. The van der Waals surface area contributed by atoms with Gasteiger partial charge in [-0.05, 0) is 23.3 Å². The Hall–Kier alpha value is -2.14. The van der Waals surface area contributed by atoms with Crippen LogP contribution in [0.15, 0.2) is 59.1 Å². The summed E-state index contributed by atoms with van der Waals surface area (Å²) >= 11 is 3.46. The lowest BCUT2D eigenvalue weighted by molar-refractivity contribution is -0.140. The second-order valence-electron chi connectivity index (χ2n) is 5.82. The van der Waals surface area contributed by atoms with Crippen molar-refractivity contribution in [3.8, 4) is 0 Å². The van der Waals surface area contributed by atoms with Gasteiger partial charge in [0.2, 0.25) is 11.8 Å². The van der Waals surface area contributed by atoms with Crippen LogP contribution in [-0.4, -0.2) is 29.8 Å². The third-order valence-electron chi connectivity index (χ3n) is 4.06. The van der Waals surface area contributed by atoms with E-state index >= 15 is 0 Å². The SMILES string of the molecule is CCC(=O)N(Cc1cccc(Br)c1)[C@@H](Cc1ccccc1)C(=O)NC. The highest BCUT2D eigenvalue weighted by Gasteiger charge is 2.28. The topological polar surface area (TPSA) is 49.4 Å². The molecule has 2 rings (SSSR count). The molecule has 5 heteroatoms. The van der Waals surface area contributed by atoms with Crippen molar-refractivity contribution in [2.24, 2.45) is 0 Å². The van der Waals surface area contributed by atoms with Gasteiger partial charge in [0.05, 0.1) is 0 Å². The molecule has 4 nitrogen and oxygen atoms in total. The summed E-state index contributed by atoms with van der Waals surface area (Å²) in [6.07, 6.45) is 0.844. The number of hydrogen-bond acceptors (Lipinski definition) is 2. The fraction of sp³-hybridized carbons (Fsp3) is 0.300. The summed E-state index contributed by atoms with van der Waals surface area (Å²) in [5.41, 5.74) is 2.01. The van der Waals surface area contributed by atoms with Crippen LogP contribution in [0, 0.1) is 0 Å². The Labute approximate surface area is 157 Å². The van der Waals surface area contributed by atoms with Crippen molar-refractivity contribution in [3.63, 3.8) is 0 Å². The highest BCUT2D eigenvalue weighted by atomic mass is 79.9. The van der Waals surface area contributed by atoms with E-state index in [1.807, 2.05) is 61.5 Å². The zero-order valence-corrected chi connectivity index (χ0v) is 16.1. The summed E-state index contributed by atoms with van der Waals surface area (Å²) < 4.78 is 0.952. The van der Waals surface area contributed by atoms with Gasteiger partial charge in [-0.15, -0.1) is 0 Å². The number of nitrogens with one attached hydrogen (secondary N) is 1. The summed E-state index contributed by atoms with van der Waals surface area (Å²) in [5, 5.41) is 2.70. The van der Waals surface area contributed by atoms with E-state index in [9.17, 15) is 9.59 Å². The van der Waals surface area contributed by atoms with E-state index in [1.54, 1.807) is 11.9 Å². The van der Waals surface area contributed by atoms with E-state index in [4.69, 9.17) is 0 Å². The van der Waals surface area contributed by atoms with Crippen molar-refractivity contribution in [1.82, 2.24) is 10.2 Å². The van der Waals surface area contributed by atoms with Crippen molar-refractivity contribution in [2.45, 2.75) is 32.4 Å². The van der Waals surface area contributed by atoms with Gasteiger partial charge >= 0.3 is 0 Å². The normalized spacial score (nSPS) is 11.6. The number of carbonyl (C=O) groups excluding carboxylic acids is 2. The maximum absolute atomic E-state index is 12.6. The quantitative estimate of drug-likeness (QED) is 0.769. The number of carbonyl (C=O) groups is 2. The third kappa shape index (κ3) is 5.43. The minimum Gasteiger partial charge on any atom is -0.357 e. The zero-order chi connectivity index (χ0) is 18.2. The van der Waals surface area contributed by atoms with E-state index in [-0.39, 0.29) is 11.8 Å². The fourth-order valence-electron chi connectivity index (χ4n) is 2.76. The van der Waals surface area contributed by atoms with Gasteiger partial charge in [-0.2, -0.15) is 0 Å². The average Bonchev–Trinajstić information content (AvgIpc) is 2.64. The maximum atomic E-state index is 12.6. The van der Waals surface area contributed by atoms with E-state index in [2.05, 4.69) is 21.2 Å². The Morgan fingerprint density at radius 2 is 1.76 bits per heavy atom. The first kappa shape index (κ1) is 19.2. The summed E-state index contributed by atoms with van der Waals surface area (Å²) in [6.45, 7) is 2.22. The summed E-state index contributed by atoms with van der Waals surface area (Å²) in [4.78, 5) is 26.8. The molecule has 132 valence electrons. The maximum Gasteiger partial charge on any atom is 0.242 e. The second kappa shape index (κ2) is 9.37. The lowest BCUT2D eigenvalue weighted by Crippen LogP contribution is -2.49. The lowest BCUT2D eigenvalue weighted by Gasteiger charge is -2.31. The highest BCUT2D eigenvalue weighted by molar-refractivity contribution is 9.10. The van der Waals surface area contributed by atoms with Gasteiger partial charge in [-0.25, -0.2) is 0 Å². The van der Waals surface area contributed by atoms with Crippen LogP contribution in [-0.2, 0) is 22.6 Å². The van der Waals surface area contributed by atoms with E-state index in [1.165, 1.54) is 0 Å². The first-order valence-corrected chi connectivity index (χ1v) is 9.14. The molecule has 0 aliphatic heterocycles. The molecule has 1 N–H and O–H groups in total. The average molecular weight is 403 g/mol. The van der Waals surface area contributed by atoms with Gasteiger partial charge in [0, 0.05) is 30.9 Å². The molecule has 0 spiro atoms. The van der Waals surface area contributed by atoms with Crippen LogP contribution in [0.1, 0.15) is 24.5 Å². The van der Waals surface area contributed by atoms with E-state index in [0.717, 1.165) is 15.6 Å². The van der Waals surface area contributed by atoms with Gasteiger partial charge in [0.15, 0.2) is 0 Å². The zero-order valence-electron chi connectivity index (χ0n) is 14.5. The summed E-state index contributed by atoms with van der Waals surface area (Å²) in [6, 6.07) is 17.0. The van der Waals surface area contributed by atoms with Gasteiger partial charge in [-0.3, -0.25) is 9.59 Å². The lowest BCUT2D eigenvalue weighted by atomic mass is 10.0. The van der Waals surface area contributed by atoms with Crippen LogP contribution < -0.4 is 5.32 Å². The Morgan fingerprint density at radius 3 is 2.36 bits per heavy atom. The van der Waals surface area contributed by atoms with E-state index in [0.29, 0.717) is 19.4 Å². The number of amides is 2.